The van der Waals surface area contributed by atoms with Crippen molar-refractivity contribution in [3.8, 4) is 0 Å². The second-order valence-electron chi connectivity index (χ2n) is 13.5. The van der Waals surface area contributed by atoms with Crippen LogP contribution in [0.4, 0.5) is 0 Å². The Bertz CT molecular complexity index is 487. The van der Waals surface area contributed by atoms with Gasteiger partial charge in [0.15, 0.2) is 0 Å². The van der Waals surface area contributed by atoms with Crippen LogP contribution in [0.25, 0.3) is 0 Å². The summed E-state index contributed by atoms with van der Waals surface area (Å²) >= 11 is 0. The van der Waals surface area contributed by atoms with Crippen LogP contribution < -0.4 is 0 Å². The first-order chi connectivity index (χ1) is 16.2. The van der Waals surface area contributed by atoms with Gasteiger partial charge in [-0.05, 0) is 54.8 Å². The first-order valence-electron chi connectivity index (χ1n) is 13.9. The minimum Gasteiger partial charge on any atom is -0.481 e. The predicted octanol–water partition coefficient (Wildman–Crippen LogP) is 9.20. The Labute approximate surface area is 256 Å². The predicted molar refractivity (Wildman–Crippen MR) is 151 cm³/mol. The molecule has 0 aromatic carbocycles. The monoisotopic (exact) mass is 655 g/mol. The van der Waals surface area contributed by atoms with Gasteiger partial charge in [0.05, 0.1) is 0 Å². The maximum atomic E-state index is 10.2. The molecule has 3 N–H and O–H groups in total. The molecule has 0 aliphatic carbocycles. The Hall–Kier alpha value is -0.395. The van der Waals surface area contributed by atoms with E-state index in [-0.39, 0.29) is 35.6 Å². The zero-order valence-corrected chi connectivity index (χ0v) is 29.4. The zero-order chi connectivity index (χ0) is 28.8. The molecule has 0 heterocycles. The second kappa shape index (κ2) is 24.6. The van der Waals surface area contributed by atoms with Crippen molar-refractivity contribution in [1.82, 2.24) is 0 Å². The molecule has 6 nitrogen and oxygen atoms in total. The van der Waals surface area contributed by atoms with Crippen LogP contribution >= 0.6 is 0 Å². The van der Waals surface area contributed by atoms with Gasteiger partial charge < -0.3 is 15.3 Å². The van der Waals surface area contributed by atoms with E-state index in [1.807, 2.05) is 0 Å². The van der Waals surface area contributed by atoms with Crippen molar-refractivity contribution in [3.05, 3.63) is 0 Å². The van der Waals surface area contributed by atoms with Crippen molar-refractivity contribution in [2.24, 2.45) is 16.2 Å². The van der Waals surface area contributed by atoms with Crippen LogP contribution in [0.2, 0.25) is 0 Å². The molecule has 0 aliphatic heterocycles. The van der Waals surface area contributed by atoms with Gasteiger partial charge in [0.2, 0.25) is 0 Å². The van der Waals surface area contributed by atoms with E-state index in [0.717, 1.165) is 57.8 Å². The van der Waals surface area contributed by atoms with E-state index in [9.17, 15) is 14.4 Å². The summed E-state index contributed by atoms with van der Waals surface area (Å²) in [5, 5.41) is 25.1. The summed E-state index contributed by atoms with van der Waals surface area (Å²) in [6.07, 6.45) is 13.6. The first kappa shape index (κ1) is 43.7. The average molecular weight is 656 g/mol. The molecule has 0 aromatic rings. The number of carboxylic acid groups (broad SMARTS) is 3. The number of hydrogen-bond donors (Lipinski definition) is 3. The molecular formula is C30H60LaO6. The molecule has 0 saturated heterocycles. The number of carboxylic acids is 3. The summed E-state index contributed by atoms with van der Waals surface area (Å²) in [7, 11) is 0. The van der Waals surface area contributed by atoms with E-state index in [0.29, 0.717) is 35.5 Å². The molecule has 0 aliphatic rings. The van der Waals surface area contributed by atoms with E-state index in [1.165, 1.54) is 19.3 Å². The van der Waals surface area contributed by atoms with Crippen LogP contribution in [0.5, 0.6) is 0 Å². The standard InChI is InChI=1S/3C10H20O2.La/c3*1-10(2,3)8-6-4-5-7-9(11)12;/h3*4-8H2,1-3H3,(H,11,12);. The van der Waals surface area contributed by atoms with Crippen molar-refractivity contribution in [2.45, 2.75) is 159 Å². The van der Waals surface area contributed by atoms with Crippen molar-refractivity contribution in [3.63, 3.8) is 0 Å². The van der Waals surface area contributed by atoms with E-state index in [4.69, 9.17) is 15.3 Å². The molecule has 0 atom stereocenters. The van der Waals surface area contributed by atoms with Gasteiger partial charge in [0, 0.05) is 54.9 Å². The Kier molecular flexibility index (Phi) is 29.1. The fraction of sp³-hybridized carbons (Fsp3) is 0.900. The van der Waals surface area contributed by atoms with E-state index < -0.39 is 17.9 Å². The van der Waals surface area contributed by atoms with E-state index >= 15 is 0 Å². The SMILES string of the molecule is CC(C)(C)CCCCCC(=O)O.CC(C)(C)CCCCCC(=O)O.CC(C)(C)CCCCCC(=O)O.[La]. The first-order valence-corrected chi connectivity index (χ1v) is 13.9. The van der Waals surface area contributed by atoms with E-state index in [2.05, 4.69) is 62.3 Å². The summed E-state index contributed by atoms with van der Waals surface area (Å²) in [4.78, 5) is 30.5. The summed E-state index contributed by atoms with van der Waals surface area (Å²) in [6.45, 7) is 19.9. The number of aliphatic carboxylic acids is 3. The normalized spacial score (nSPS) is 11.3. The number of unbranched alkanes of at least 4 members (excludes halogenated alkanes) is 6. The second-order valence-corrected chi connectivity index (χ2v) is 13.5. The molecule has 0 rings (SSSR count). The Morgan fingerprint density at radius 3 is 0.730 bits per heavy atom. The topological polar surface area (TPSA) is 112 Å². The van der Waals surface area contributed by atoms with Crippen LogP contribution in [0.15, 0.2) is 0 Å². The summed E-state index contributed by atoms with van der Waals surface area (Å²) in [5.41, 5.74) is 1.18. The van der Waals surface area contributed by atoms with Crippen molar-refractivity contribution in [2.75, 3.05) is 0 Å². The summed E-state index contributed by atoms with van der Waals surface area (Å²) in [5.74, 6) is -2.03. The van der Waals surface area contributed by atoms with Gasteiger partial charge in [0.25, 0.3) is 0 Å². The van der Waals surface area contributed by atoms with Crippen molar-refractivity contribution >= 4 is 17.9 Å². The van der Waals surface area contributed by atoms with Gasteiger partial charge in [-0.25, -0.2) is 0 Å². The third-order valence-corrected chi connectivity index (χ3v) is 5.45. The van der Waals surface area contributed by atoms with Crippen LogP contribution in [0.3, 0.4) is 0 Å². The Balaban J connectivity index is -0.000000218. The quantitative estimate of drug-likeness (QED) is 0.152. The molecule has 0 bridgehead atoms. The molecule has 1 radical (unpaired) electrons. The van der Waals surface area contributed by atoms with Gasteiger partial charge in [-0.3, -0.25) is 14.4 Å². The molecule has 219 valence electrons. The maximum absolute atomic E-state index is 10.2. The van der Waals surface area contributed by atoms with Crippen LogP contribution in [-0.4, -0.2) is 33.2 Å². The Morgan fingerprint density at radius 2 is 0.595 bits per heavy atom. The largest absolute Gasteiger partial charge is 0.481 e. The Morgan fingerprint density at radius 1 is 0.405 bits per heavy atom. The molecule has 0 unspecified atom stereocenters. The zero-order valence-electron chi connectivity index (χ0n) is 25.8. The number of carbonyl (C=O) groups is 3. The molecule has 7 heteroatoms. The molecule has 0 saturated carbocycles. The fourth-order valence-electron chi connectivity index (χ4n) is 3.32. The minimum atomic E-state index is -0.675. The molecule has 37 heavy (non-hydrogen) atoms. The van der Waals surface area contributed by atoms with E-state index in [1.54, 1.807) is 0 Å². The van der Waals surface area contributed by atoms with Crippen LogP contribution in [0, 0.1) is 51.8 Å². The molecule has 0 amide bonds. The summed E-state index contributed by atoms with van der Waals surface area (Å²) in [6, 6.07) is 0. The van der Waals surface area contributed by atoms with Gasteiger partial charge >= 0.3 is 17.9 Å². The molecule has 0 fully saturated rings. The molecule has 0 spiro atoms. The van der Waals surface area contributed by atoms with Gasteiger partial charge in [-0.1, -0.05) is 101 Å². The third kappa shape index (κ3) is 56.8. The fourth-order valence-corrected chi connectivity index (χ4v) is 3.32. The van der Waals surface area contributed by atoms with Crippen molar-refractivity contribution in [1.29, 1.82) is 0 Å². The molecular weight excluding hydrogens is 595 g/mol. The van der Waals surface area contributed by atoms with Gasteiger partial charge in [0.1, 0.15) is 0 Å². The number of hydrogen-bond acceptors (Lipinski definition) is 3. The summed E-state index contributed by atoms with van der Waals surface area (Å²) < 4.78 is 0. The number of rotatable bonds is 15. The van der Waals surface area contributed by atoms with Gasteiger partial charge in [-0.15, -0.1) is 0 Å². The average Bonchev–Trinajstić information content (AvgIpc) is 2.65. The maximum Gasteiger partial charge on any atom is 0.303 e. The van der Waals surface area contributed by atoms with Crippen LogP contribution in [-0.2, 0) is 14.4 Å². The smallest absolute Gasteiger partial charge is 0.303 e. The van der Waals surface area contributed by atoms with Gasteiger partial charge in [-0.2, -0.15) is 0 Å². The third-order valence-electron chi connectivity index (χ3n) is 5.45. The minimum absolute atomic E-state index is 0. The van der Waals surface area contributed by atoms with Crippen LogP contribution in [0.1, 0.15) is 159 Å². The van der Waals surface area contributed by atoms with Crippen molar-refractivity contribution < 1.29 is 65.3 Å². The molecule has 0 aromatic heterocycles.